The van der Waals surface area contributed by atoms with Crippen molar-refractivity contribution >= 4 is 0 Å². The van der Waals surface area contributed by atoms with Crippen LogP contribution in [0.15, 0.2) is 60.4 Å². The average molecular weight is 243 g/mol. The summed E-state index contributed by atoms with van der Waals surface area (Å²) >= 11 is 0. The predicted molar refractivity (Wildman–Crippen MR) is 76.2 cm³/mol. The van der Waals surface area contributed by atoms with Gasteiger partial charge in [0.25, 0.3) is 0 Å². The van der Waals surface area contributed by atoms with Crippen molar-refractivity contribution in [1.82, 2.24) is 5.32 Å². The highest BCUT2D eigenvalue weighted by atomic mass is 16.5. The number of ether oxygens (including phenoxy) is 1. The minimum atomic E-state index is 0.241. The molecular weight excluding hydrogens is 222 g/mol. The molecule has 0 aromatic rings. The topological polar surface area (TPSA) is 21.3 Å². The molecule has 0 fully saturated rings. The molecule has 0 saturated heterocycles. The SMILES string of the molecule is COC1C=CC(NC/C=C/C2C=CC=CC2)=CC1. The normalized spacial score (nSPS) is 26.6. The average Bonchev–Trinajstić information content (AvgIpc) is 2.45. The smallest absolute Gasteiger partial charge is 0.0791 e. The van der Waals surface area contributed by atoms with Crippen molar-refractivity contribution in [2.24, 2.45) is 5.92 Å². The lowest BCUT2D eigenvalue weighted by Crippen LogP contribution is -2.17. The highest BCUT2D eigenvalue weighted by Gasteiger charge is 2.05. The maximum absolute atomic E-state index is 5.26. The van der Waals surface area contributed by atoms with Crippen LogP contribution >= 0.6 is 0 Å². The largest absolute Gasteiger partial charge is 0.382 e. The molecule has 96 valence electrons. The van der Waals surface area contributed by atoms with Crippen LogP contribution in [0.2, 0.25) is 0 Å². The zero-order valence-electron chi connectivity index (χ0n) is 10.9. The van der Waals surface area contributed by atoms with Crippen molar-refractivity contribution < 1.29 is 4.74 Å². The van der Waals surface area contributed by atoms with E-state index < -0.39 is 0 Å². The van der Waals surface area contributed by atoms with Crippen LogP contribution < -0.4 is 5.32 Å². The Bertz CT molecular complexity index is 401. The van der Waals surface area contributed by atoms with Crippen LogP contribution in [0.1, 0.15) is 12.8 Å². The first kappa shape index (κ1) is 12.9. The summed E-state index contributed by atoms with van der Waals surface area (Å²) in [5.74, 6) is 0.561. The molecule has 0 aromatic carbocycles. The summed E-state index contributed by atoms with van der Waals surface area (Å²) in [5.41, 5.74) is 1.19. The summed E-state index contributed by atoms with van der Waals surface area (Å²) in [6, 6.07) is 0. The molecule has 2 unspecified atom stereocenters. The minimum absolute atomic E-state index is 0.241. The van der Waals surface area contributed by atoms with E-state index in [2.05, 4.69) is 60.0 Å². The quantitative estimate of drug-likeness (QED) is 0.749. The number of methoxy groups -OCH3 is 1. The van der Waals surface area contributed by atoms with Gasteiger partial charge in [-0.3, -0.25) is 0 Å². The number of hydrogen-bond donors (Lipinski definition) is 1. The first-order chi connectivity index (χ1) is 8.88. The van der Waals surface area contributed by atoms with Crippen molar-refractivity contribution in [2.45, 2.75) is 18.9 Å². The van der Waals surface area contributed by atoms with Crippen LogP contribution in [0.4, 0.5) is 0 Å². The van der Waals surface area contributed by atoms with Gasteiger partial charge in [0.1, 0.15) is 0 Å². The highest BCUT2D eigenvalue weighted by Crippen LogP contribution is 2.13. The summed E-state index contributed by atoms with van der Waals surface area (Å²) < 4.78 is 5.26. The third-order valence-electron chi connectivity index (χ3n) is 3.18. The van der Waals surface area contributed by atoms with Gasteiger partial charge >= 0.3 is 0 Å². The first-order valence-corrected chi connectivity index (χ1v) is 6.53. The Morgan fingerprint density at radius 3 is 2.94 bits per heavy atom. The van der Waals surface area contributed by atoms with Gasteiger partial charge in [-0.2, -0.15) is 0 Å². The minimum Gasteiger partial charge on any atom is -0.382 e. The Balaban J connectivity index is 1.68. The van der Waals surface area contributed by atoms with Crippen LogP contribution in [0.5, 0.6) is 0 Å². The maximum atomic E-state index is 5.26. The zero-order valence-corrected chi connectivity index (χ0v) is 10.9. The van der Waals surface area contributed by atoms with E-state index in [0.717, 1.165) is 19.4 Å². The van der Waals surface area contributed by atoms with Gasteiger partial charge in [0.2, 0.25) is 0 Å². The zero-order chi connectivity index (χ0) is 12.6. The van der Waals surface area contributed by atoms with Crippen LogP contribution in [-0.2, 0) is 4.74 Å². The first-order valence-electron chi connectivity index (χ1n) is 6.53. The van der Waals surface area contributed by atoms with Crippen LogP contribution in [-0.4, -0.2) is 19.8 Å². The fraction of sp³-hybridized carbons (Fsp3) is 0.375. The van der Waals surface area contributed by atoms with Gasteiger partial charge in [0.15, 0.2) is 0 Å². The monoisotopic (exact) mass is 243 g/mol. The second-order valence-electron chi connectivity index (χ2n) is 4.55. The second kappa shape index (κ2) is 7.02. The molecule has 0 aliphatic heterocycles. The third-order valence-corrected chi connectivity index (χ3v) is 3.18. The van der Waals surface area contributed by atoms with E-state index in [9.17, 15) is 0 Å². The molecule has 18 heavy (non-hydrogen) atoms. The molecule has 0 saturated carbocycles. The summed E-state index contributed by atoms with van der Waals surface area (Å²) in [4.78, 5) is 0. The molecule has 2 heteroatoms. The predicted octanol–water partition coefficient (Wildman–Crippen LogP) is 3.12. The number of hydrogen-bond acceptors (Lipinski definition) is 2. The Kier molecular flexibility index (Phi) is 5.03. The lowest BCUT2D eigenvalue weighted by molar-refractivity contribution is 0.142. The molecule has 0 radical (unpaired) electrons. The van der Waals surface area contributed by atoms with Crippen molar-refractivity contribution in [2.75, 3.05) is 13.7 Å². The molecule has 2 rings (SSSR count). The molecule has 0 bridgehead atoms. The van der Waals surface area contributed by atoms with Crippen molar-refractivity contribution in [3.05, 3.63) is 60.4 Å². The molecule has 2 nitrogen and oxygen atoms in total. The van der Waals surface area contributed by atoms with Crippen LogP contribution in [0, 0.1) is 5.92 Å². The Morgan fingerprint density at radius 1 is 1.33 bits per heavy atom. The fourth-order valence-corrected chi connectivity index (χ4v) is 2.07. The van der Waals surface area contributed by atoms with Gasteiger partial charge in [-0.25, -0.2) is 0 Å². The van der Waals surface area contributed by atoms with Gasteiger partial charge in [-0.1, -0.05) is 48.6 Å². The standard InChI is InChI=1S/C16H21NO/c1-18-16-11-9-15(10-12-16)17-13-5-8-14-6-3-2-4-7-14/h2-6,8-11,14,16-17H,7,12-13H2,1H3/b8-5+. The summed E-state index contributed by atoms with van der Waals surface area (Å²) in [6.45, 7) is 0.877. The van der Waals surface area contributed by atoms with Crippen molar-refractivity contribution in [1.29, 1.82) is 0 Å². The molecule has 0 heterocycles. The summed E-state index contributed by atoms with van der Waals surface area (Å²) in [5, 5.41) is 3.40. The van der Waals surface area contributed by atoms with Crippen LogP contribution in [0.3, 0.4) is 0 Å². The van der Waals surface area contributed by atoms with E-state index in [1.165, 1.54) is 5.70 Å². The lowest BCUT2D eigenvalue weighted by atomic mass is 10.0. The van der Waals surface area contributed by atoms with Crippen LogP contribution in [0.25, 0.3) is 0 Å². The van der Waals surface area contributed by atoms with E-state index in [4.69, 9.17) is 4.74 Å². The molecule has 0 aromatic heterocycles. The maximum Gasteiger partial charge on any atom is 0.0791 e. The number of nitrogens with one attached hydrogen (secondary N) is 1. The van der Waals surface area contributed by atoms with Crippen molar-refractivity contribution in [3.8, 4) is 0 Å². The van der Waals surface area contributed by atoms with Gasteiger partial charge in [-0.15, -0.1) is 0 Å². The highest BCUT2D eigenvalue weighted by molar-refractivity contribution is 5.23. The lowest BCUT2D eigenvalue weighted by Gasteiger charge is -2.15. The Morgan fingerprint density at radius 2 is 2.28 bits per heavy atom. The fourth-order valence-electron chi connectivity index (χ4n) is 2.07. The van der Waals surface area contributed by atoms with E-state index in [1.54, 1.807) is 7.11 Å². The molecule has 2 aliphatic rings. The molecule has 1 N–H and O–H groups in total. The van der Waals surface area contributed by atoms with Gasteiger partial charge in [-0.05, 0) is 24.8 Å². The second-order valence-corrected chi connectivity index (χ2v) is 4.55. The van der Waals surface area contributed by atoms with Gasteiger partial charge in [0, 0.05) is 19.4 Å². The molecule has 2 atom stereocenters. The van der Waals surface area contributed by atoms with Gasteiger partial charge < -0.3 is 10.1 Å². The van der Waals surface area contributed by atoms with Gasteiger partial charge in [0.05, 0.1) is 6.10 Å². The third kappa shape index (κ3) is 4.04. The van der Waals surface area contributed by atoms with E-state index in [-0.39, 0.29) is 6.10 Å². The molecule has 2 aliphatic carbocycles. The van der Waals surface area contributed by atoms with E-state index >= 15 is 0 Å². The Labute approximate surface area is 109 Å². The molecule has 0 amide bonds. The van der Waals surface area contributed by atoms with E-state index in [1.807, 2.05) is 0 Å². The molecular formula is C16H21NO. The van der Waals surface area contributed by atoms with E-state index in [0.29, 0.717) is 5.92 Å². The van der Waals surface area contributed by atoms with Crippen molar-refractivity contribution in [3.63, 3.8) is 0 Å². The summed E-state index contributed by atoms with van der Waals surface area (Å²) in [7, 11) is 1.75. The summed E-state index contributed by atoms with van der Waals surface area (Å²) in [6.07, 6.45) is 21.8. The Hall–Kier alpha value is -1.54. The number of rotatable bonds is 5. The molecule has 0 spiro atoms. The number of allylic oxidation sites excluding steroid dienone is 6.